The summed E-state index contributed by atoms with van der Waals surface area (Å²) >= 11 is 5.62. The third-order valence-corrected chi connectivity index (χ3v) is 3.02. The summed E-state index contributed by atoms with van der Waals surface area (Å²) in [5.74, 6) is 0.546. The zero-order valence-electron chi connectivity index (χ0n) is 10.4. The van der Waals surface area contributed by atoms with Crippen LogP contribution >= 0.6 is 24.0 Å². The number of H-pyrrole nitrogens is 1. The second-order valence-corrected chi connectivity index (χ2v) is 4.19. The normalized spacial score (nSPS) is 11.5. The Hall–Kier alpha value is -1.52. The fourth-order valence-electron chi connectivity index (χ4n) is 1.87. The molecule has 4 nitrogen and oxygen atoms in total. The van der Waals surface area contributed by atoms with Crippen LogP contribution in [0, 0.1) is 0 Å². The van der Waals surface area contributed by atoms with Crippen molar-refractivity contribution in [2.24, 2.45) is 0 Å². The standard InChI is InChI=1S/C13H14ClN3O.ClH/c1-17(11(18)9-14)12(13-15-7-8-16-13)10-5-3-2-4-6-10;/h2-8,12H,9H2,1H3,(H,15,16);1H. The van der Waals surface area contributed by atoms with Gasteiger partial charge in [-0.05, 0) is 5.56 Å². The van der Waals surface area contributed by atoms with Crippen LogP contribution in [0.4, 0.5) is 0 Å². The van der Waals surface area contributed by atoms with Gasteiger partial charge in [-0.2, -0.15) is 0 Å². The fourth-order valence-corrected chi connectivity index (χ4v) is 2.05. The van der Waals surface area contributed by atoms with Crippen LogP contribution in [0.25, 0.3) is 0 Å². The number of amides is 1. The lowest BCUT2D eigenvalue weighted by molar-refractivity contribution is -0.128. The Kier molecular flexibility index (Phi) is 5.86. The van der Waals surface area contributed by atoms with Gasteiger partial charge in [0.1, 0.15) is 17.7 Å². The van der Waals surface area contributed by atoms with Gasteiger partial charge in [0.05, 0.1) is 0 Å². The van der Waals surface area contributed by atoms with Crippen LogP contribution in [-0.2, 0) is 4.79 Å². The van der Waals surface area contributed by atoms with E-state index in [2.05, 4.69) is 9.97 Å². The van der Waals surface area contributed by atoms with Crippen molar-refractivity contribution in [2.45, 2.75) is 6.04 Å². The Balaban J connectivity index is 0.00000180. The molecular formula is C13H15Cl2N3O. The molecule has 1 heterocycles. The first kappa shape index (κ1) is 15.5. The number of aromatic amines is 1. The Labute approximate surface area is 123 Å². The van der Waals surface area contributed by atoms with Crippen molar-refractivity contribution < 1.29 is 4.79 Å². The summed E-state index contributed by atoms with van der Waals surface area (Å²) in [6.07, 6.45) is 3.41. The first-order chi connectivity index (χ1) is 8.74. The van der Waals surface area contributed by atoms with E-state index in [0.29, 0.717) is 0 Å². The number of halogens is 2. The summed E-state index contributed by atoms with van der Waals surface area (Å²) < 4.78 is 0. The van der Waals surface area contributed by atoms with Crippen molar-refractivity contribution >= 4 is 29.9 Å². The molecule has 0 aliphatic heterocycles. The Morgan fingerprint density at radius 2 is 2.11 bits per heavy atom. The van der Waals surface area contributed by atoms with E-state index in [1.807, 2.05) is 30.3 Å². The van der Waals surface area contributed by atoms with Crippen LogP contribution in [0.5, 0.6) is 0 Å². The van der Waals surface area contributed by atoms with Crippen LogP contribution in [0.15, 0.2) is 42.7 Å². The molecule has 0 fully saturated rings. The third kappa shape index (κ3) is 3.49. The second-order valence-electron chi connectivity index (χ2n) is 3.93. The average Bonchev–Trinajstić information content (AvgIpc) is 2.93. The number of rotatable bonds is 4. The highest BCUT2D eigenvalue weighted by Gasteiger charge is 2.24. The molecule has 19 heavy (non-hydrogen) atoms. The van der Waals surface area contributed by atoms with E-state index in [1.54, 1.807) is 24.3 Å². The number of carbonyl (C=O) groups is 1. The van der Waals surface area contributed by atoms with Crippen molar-refractivity contribution in [1.29, 1.82) is 0 Å². The molecule has 1 N–H and O–H groups in total. The van der Waals surface area contributed by atoms with Crippen molar-refractivity contribution in [3.8, 4) is 0 Å². The summed E-state index contributed by atoms with van der Waals surface area (Å²) in [4.78, 5) is 20.7. The fraction of sp³-hybridized carbons (Fsp3) is 0.231. The van der Waals surface area contributed by atoms with Gasteiger partial charge < -0.3 is 9.88 Å². The molecule has 0 saturated heterocycles. The second kappa shape index (κ2) is 7.16. The number of alkyl halides is 1. The lowest BCUT2D eigenvalue weighted by Crippen LogP contribution is -2.33. The van der Waals surface area contributed by atoms with Gasteiger partial charge in [0.2, 0.25) is 5.91 Å². The Bertz CT molecular complexity index is 502. The lowest BCUT2D eigenvalue weighted by Gasteiger charge is -2.26. The average molecular weight is 300 g/mol. The molecule has 2 rings (SSSR count). The monoisotopic (exact) mass is 299 g/mol. The zero-order valence-corrected chi connectivity index (χ0v) is 12.0. The molecule has 1 unspecified atom stereocenters. The molecule has 1 atom stereocenters. The molecule has 1 amide bonds. The molecule has 0 bridgehead atoms. The molecule has 102 valence electrons. The van der Waals surface area contributed by atoms with Crippen LogP contribution in [0.1, 0.15) is 17.4 Å². The van der Waals surface area contributed by atoms with Gasteiger partial charge >= 0.3 is 0 Å². The largest absolute Gasteiger partial charge is 0.347 e. The molecule has 0 aliphatic rings. The smallest absolute Gasteiger partial charge is 0.238 e. The van der Waals surface area contributed by atoms with Gasteiger partial charge in [-0.25, -0.2) is 4.98 Å². The molecule has 1 aromatic carbocycles. The zero-order chi connectivity index (χ0) is 13.0. The molecule has 0 saturated carbocycles. The Morgan fingerprint density at radius 1 is 1.42 bits per heavy atom. The van der Waals surface area contributed by atoms with E-state index < -0.39 is 0 Å². The number of nitrogens with zero attached hydrogens (tertiary/aromatic N) is 2. The minimum atomic E-state index is -0.243. The molecule has 0 aliphatic carbocycles. The minimum absolute atomic E-state index is 0. The topological polar surface area (TPSA) is 49.0 Å². The van der Waals surface area contributed by atoms with E-state index in [1.165, 1.54) is 0 Å². The van der Waals surface area contributed by atoms with Crippen LogP contribution in [-0.4, -0.2) is 33.7 Å². The van der Waals surface area contributed by atoms with Crippen molar-refractivity contribution in [3.63, 3.8) is 0 Å². The first-order valence-electron chi connectivity index (χ1n) is 5.60. The molecular weight excluding hydrogens is 285 g/mol. The van der Waals surface area contributed by atoms with Gasteiger partial charge in [0, 0.05) is 19.4 Å². The molecule has 6 heteroatoms. The lowest BCUT2D eigenvalue weighted by atomic mass is 10.1. The van der Waals surface area contributed by atoms with E-state index in [0.717, 1.165) is 11.4 Å². The Morgan fingerprint density at radius 3 is 2.63 bits per heavy atom. The molecule has 0 radical (unpaired) electrons. The van der Waals surface area contributed by atoms with E-state index in [9.17, 15) is 4.79 Å². The summed E-state index contributed by atoms with van der Waals surface area (Å²) in [5, 5.41) is 0. The number of aromatic nitrogens is 2. The maximum absolute atomic E-state index is 11.8. The summed E-state index contributed by atoms with van der Waals surface area (Å²) in [7, 11) is 1.73. The quantitative estimate of drug-likeness (QED) is 0.882. The minimum Gasteiger partial charge on any atom is -0.347 e. The number of hydrogen-bond donors (Lipinski definition) is 1. The third-order valence-electron chi connectivity index (χ3n) is 2.79. The van der Waals surface area contributed by atoms with Crippen LogP contribution < -0.4 is 0 Å². The van der Waals surface area contributed by atoms with Crippen LogP contribution in [0.3, 0.4) is 0 Å². The van der Waals surface area contributed by atoms with Crippen molar-refractivity contribution in [1.82, 2.24) is 14.9 Å². The predicted octanol–water partition coefficient (Wildman–Crippen LogP) is 2.62. The maximum atomic E-state index is 11.8. The highest BCUT2D eigenvalue weighted by Crippen LogP contribution is 2.24. The van der Waals surface area contributed by atoms with E-state index in [-0.39, 0.29) is 30.2 Å². The SMILES string of the molecule is CN(C(=O)CCl)C(c1ccccc1)c1ncc[nH]1.Cl. The van der Waals surface area contributed by atoms with Gasteiger partial charge in [-0.15, -0.1) is 24.0 Å². The maximum Gasteiger partial charge on any atom is 0.238 e. The van der Waals surface area contributed by atoms with Gasteiger partial charge in [-0.1, -0.05) is 30.3 Å². The summed E-state index contributed by atoms with van der Waals surface area (Å²) in [6.45, 7) is 0. The van der Waals surface area contributed by atoms with Gasteiger partial charge in [0.15, 0.2) is 0 Å². The summed E-state index contributed by atoms with van der Waals surface area (Å²) in [6, 6.07) is 9.49. The highest BCUT2D eigenvalue weighted by atomic mass is 35.5. The number of nitrogens with one attached hydrogen (secondary N) is 1. The van der Waals surface area contributed by atoms with Gasteiger partial charge in [-0.3, -0.25) is 4.79 Å². The highest BCUT2D eigenvalue weighted by molar-refractivity contribution is 6.27. The van der Waals surface area contributed by atoms with Crippen LogP contribution in [0.2, 0.25) is 0 Å². The molecule has 1 aromatic heterocycles. The van der Waals surface area contributed by atoms with Crippen molar-refractivity contribution in [2.75, 3.05) is 12.9 Å². The van der Waals surface area contributed by atoms with Gasteiger partial charge in [0.25, 0.3) is 0 Å². The predicted molar refractivity (Wildman–Crippen MR) is 77.6 cm³/mol. The summed E-state index contributed by atoms with van der Waals surface area (Å²) in [5.41, 5.74) is 0.994. The number of imidazole rings is 1. The number of benzene rings is 1. The number of hydrogen-bond acceptors (Lipinski definition) is 2. The van der Waals surface area contributed by atoms with Crippen molar-refractivity contribution in [3.05, 3.63) is 54.1 Å². The molecule has 0 spiro atoms. The molecule has 2 aromatic rings. The van der Waals surface area contributed by atoms with E-state index >= 15 is 0 Å². The number of carbonyl (C=O) groups excluding carboxylic acids is 1. The first-order valence-corrected chi connectivity index (χ1v) is 6.13. The van der Waals surface area contributed by atoms with E-state index in [4.69, 9.17) is 11.6 Å².